The van der Waals surface area contributed by atoms with E-state index in [2.05, 4.69) is 10.6 Å². The summed E-state index contributed by atoms with van der Waals surface area (Å²) in [5.41, 5.74) is 0. The van der Waals surface area contributed by atoms with Crippen molar-refractivity contribution in [1.29, 1.82) is 0 Å². The van der Waals surface area contributed by atoms with Crippen LogP contribution < -0.4 is 10.6 Å². The first kappa shape index (κ1) is 10.4. The van der Waals surface area contributed by atoms with Crippen LogP contribution in [0.15, 0.2) is 0 Å². The average molecular weight is 198 g/mol. The number of rotatable bonds is 6. The summed E-state index contributed by atoms with van der Waals surface area (Å²) in [5, 5.41) is 6.93. The number of piperidine rings is 1. The molecule has 0 aromatic carbocycles. The third-order valence-electron chi connectivity index (χ3n) is 3.03. The van der Waals surface area contributed by atoms with Gasteiger partial charge in [0.2, 0.25) is 0 Å². The summed E-state index contributed by atoms with van der Waals surface area (Å²) in [6, 6.07) is 0.674. The van der Waals surface area contributed by atoms with E-state index in [1.807, 2.05) is 0 Å². The van der Waals surface area contributed by atoms with Gasteiger partial charge in [0.25, 0.3) is 0 Å². The van der Waals surface area contributed by atoms with Gasteiger partial charge in [0.05, 0.1) is 6.61 Å². The highest BCUT2D eigenvalue weighted by Crippen LogP contribution is 2.28. The van der Waals surface area contributed by atoms with Crippen molar-refractivity contribution in [3.8, 4) is 0 Å². The molecule has 0 amide bonds. The molecule has 3 nitrogen and oxygen atoms in total. The maximum absolute atomic E-state index is 5.57. The summed E-state index contributed by atoms with van der Waals surface area (Å²) in [5.74, 6) is 0.895. The molecule has 3 heteroatoms. The smallest absolute Gasteiger partial charge is 0.0591 e. The molecule has 1 aliphatic heterocycles. The maximum Gasteiger partial charge on any atom is 0.0591 e. The summed E-state index contributed by atoms with van der Waals surface area (Å²) >= 11 is 0. The minimum absolute atomic E-state index is 0.674. The minimum Gasteiger partial charge on any atom is -0.380 e. The van der Waals surface area contributed by atoms with Crippen molar-refractivity contribution in [2.75, 3.05) is 32.8 Å². The summed E-state index contributed by atoms with van der Waals surface area (Å²) in [6.07, 6.45) is 5.40. The SMILES string of the molecule is C1CNCC(NCCOCC2CC2)C1. The number of hydrogen-bond acceptors (Lipinski definition) is 3. The fourth-order valence-corrected chi connectivity index (χ4v) is 1.90. The topological polar surface area (TPSA) is 33.3 Å². The Morgan fingerprint density at radius 3 is 2.93 bits per heavy atom. The quantitative estimate of drug-likeness (QED) is 0.618. The maximum atomic E-state index is 5.57. The molecule has 82 valence electrons. The van der Waals surface area contributed by atoms with Crippen molar-refractivity contribution >= 4 is 0 Å². The molecule has 2 fully saturated rings. The summed E-state index contributed by atoms with van der Waals surface area (Å²) < 4.78 is 5.57. The third kappa shape index (κ3) is 3.95. The van der Waals surface area contributed by atoms with Gasteiger partial charge in [0, 0.05) is 25.7 Å². The molecular formula is C11H22N2O. The zero-order valence-electron chi connectivity index (χ0n) is 8.93. The standard InChI is InChI=1S/C11H22N2O/c1-2-11(8-12-5-1)13-6-7-14-9-10-3-4-10/h10-13H,1-9H2. The summed E-state index contributed by atoms with van der Waals surface area (Å²) in [4.78, 5) is 0. The Labute approximate surface area is 86.6 Å². The Kier molecular flexibility index (Phi) is 4.22. The van der Waals surface area contributed by atoms with Crippen LogP contribution in [0.5, 0.6) is 0 Å². The van der Waals surface area contributed by atoms with E-state index in [1.54, 1.807) is 0 Å². The van der Waals surface area contributed by atoms with Gasteiger partial charge in [-0.15, -0.1) is 0 Å². The largest absolute Gasteiger partial charge is 0.380 e. The molecule has 0 aromatic heterocycles. The highest BCUT2D eigenvalue weighted by Gasteiger charge is 2.20. The molecule has 2 aliphatic rings. The van der Waals surface area contributed by atoms with Crippen LogP contribution in [0.3, 0.4) is 0 Å². The van der Waals surface area contributed by atoms with E-state index in [1.165, 1.54) is 32.2 Å². The van der Waals surface area contributed by atoms with E-state index in [-0.39, 0.29) is 0 Å². The van der Waals surface area contributed by atoms with E-state index in [0.717, 1.165) is 32.2 Å². The summed E-state index contributed by atoms with van der Waals surface area (Å²) in [6.45, 7) is 5.20. The van der Waals surface area contributed by atoms with Crippen molar-refractivity contribution in [3.05, 3.63) is 0 Å². The molecule has 1 unspecified atom stereocenters. The van der Waals surface area contributed by atoms with Gasteiger partial charge < -0.3 is 15.4 Å². The Balaban J connectivity index is 1.41. The van der Waals surface area contributed by atoms with Gasteiger partial charge in [-0.2, -0.15) is 0 Å². The Morgan fingerprint density at radius 1 is 1.29 bits per heavy atom. The average Bonchev–Trinajstić information content (AvgIpc) is 3.03. The van der Waals surface area contributed by atoms with E-state index < -0.39 is 0 Å². The lowest BCUT2D eigenvalue weighted by Crippen LogP contribution is -2.44. The van der Waals surface area contributed by atoms with Crippen molar-refractivity contribution < 1.29 is 4.74 Å². The van der Waals surface area contributed by atoms with Crippen LogP contribution in [-0.4, -0.2) is 38.9 Å². The predicted molar refractivity (Wildman–Crippen MR) is 57.4 cm³/mol. The molecule has 1 aliphatic carbocycles. The number of ether oxygens (including phenoxy) is 1. The van der Waals surface area contributed by atoms with E-state index >= 15 is 0 Å². The van der Waals surface area contributed by atoms with Crippen molar-refractivity contribution in [3.63, 3.8) is 0 Å². The van der Waals surface area contributed by atoms with Crippen LogP contribution in [0.25, 0.3) is 0 Å². The molecule has 1 atom stereocenters. The lowest BCUT2D eigenvalue weighted by Gasteiger charge is -2.23. The normalized spacial score (nSPS) is 27.9. The Bertz CT molecular complexity index is 153. The second kappa shape index (κ2) is 5.69. The highest BCUT2D eigenvalue weighted by molar-refractivity contribution is 4.75. The van der Waals surface area contributed by atoms with Gasteiger partial charge in [0.1, 0.15) is 0 Å². The van der Waals surface area contributed by atoms with Crippen LogP contribution in [0, 0.1) is 5.92 Å². The molecule has 0 bridgehead atoms. The minimum atomic E-state index is 0.674. The predicted octanol–water partition coefficient (Wildman–Crippen LogP) is 0.755. The van der Waals surface area contributed by atoms with Crippen LogP contribution >= 0.6 is 0 Å². The third-order valence-corrected chi connectivity index (χ3v) is 3.03. The Morgan fingerprint density at radius 2 is 2.21 bits per heavy atom. The molecule has 1 heterocycles. The van der Waals surface area contributed by atoms with Gasteiger partial charge in [-0.05, 0) is 38.1 Å². The lowest BCUT2D eigenvalue weighted by molar-refractivity contribution is 0.123. The molecule has 1 saturated heterocycles. The zero-order valence-corrected chi connectivity index (χ0v) is 8.93. The van der Waals surface area contributed by atoms with Crippen LogP contribution in [0.4, 0.5) is 0 Å². The van der Waals surface area contributed by atoms with Gasteiger partial charge in [0.15, 0.2) is 0 Å². The second-order valence-corrected chi connectivity index (χ2v) is 4.52. The highest BCUT2D eigenvalue weighted by atomic mass is 16.5. The van der Waals surface area contributed by atoms with Crippen molar-refractivity contribution in [2.45, 2.75) is 31.7 Å². The summed E-state index contributed by atoms with van der Waals surface area (Å²) in [7, 11) is 0. The lowest BCUT2D eigenvalue weighted by atomic mass is 10.1. The van der Waals surface area contributed by atoms with E-state index in [9.17, 15) is 0 Å². The molecule has 0 radical (unpaired) electrons. The van der Waals surface area contributed by atoms with Gasteiger partial charge in [-0.25, -0.2) is 0 Å². The fourth-order valence-electron chi connectivity index (χ4n) is 1.90. The van der Waals surface area contributed by atoms with Crippen molar-refractivity contribution in [2.24, 2.45) is 5.92 Å². The molecule has 2 N–H and O–H groups in total. The molecular weight excluding hydrogens is 176 g/mol. The molecule has 1 saturated carbocycles. The number of nitrogens with one attached hydrogen (secondary N) is 2. The second-order valence-electron chi connectivity index (χ2n) is 4.52. The molecule has 0 spiro atoms. The van der Waals surface area contributed by atoms with Crippen LogP contribution in [0.2, 0.25) is 0 Å². The fraction of sp³-hybridized carbons (Fsp3) is 1.00. The molecule has 2 rings (SSSR count). The van der Waals surface area contributed by atoms with E-state index in [0.29, 0.717) is 6.04 Å². The van der Waals surface area contributed by atoms with Crippen molar-refractivity contribution in [1.82, 2.24) is 10.6 Å². The van der Waals surface area contributed by atoms with Gasteiger partial charge in [-0.3, -0.25) is 0 Å². The number of hydrogen-bond donors (Lipinski definition) is 2. The first-order valence-electron chi connectivity index (χ1n) is 5.97. The molecule has 14 heavy (non-hydrogen) atoms. The first-order chi connectivity index (χ1) is 6.95. The first-order valence-corrected chi connectivity index (χ1v) is 5.97. The van der Waals surface area contributed by atoms with Gasteiger partial charge in [-0.1, -0.05) is 0 Å². The monoisotopic (exact) mass is 198 g/mol. The van der Waals surface area contributed by atoms with Gasteiger partial charge >= 0.3 is 0 Å². The van der Waals surface area contributed by atoms with Crippen LogP contribution in [-0.2, 0) is 4.74 Å². The molecule has 0 aromatic rings. The van der Waals surface area contributed by atoms with Crippen LogP contribution in [0.1, 0.15) is 25.7 Å². The zero-order chi connectivity index (χ0) is 9.64. The van der Waals surface area contributed by atoms with E-state index in [4.69, 9.17) is 4.74 Å². The Hall–Kier alpha value is -0.120.